The number of ether oxygens (including phenoxy) is 2. The maximum Gasteiger partial charge on any atom is 0.122 e. The lowest BCUT2D eigenvalue weighted by atomic mass is 9.76. The quantitative estimate of drug-likeness (QED) is 0.903. The minimum absolute atomic E-state index is 0.504. The topological polar surface area (TPSA) is 33.7 Å². The summed E-state index contributed by atoms with van der Waals surface area (Å²) in [6, 6.07) is 6.84. The van der Waals surface area contributed by atoms with Crippen LogP contribution in [0.1, 0.15) is 30.9 Å². The Bertz CT molecular complexity index is 446. The Hall–Kier alpha value is -1.26. The summed E-state index contributed by atoms with van der Waals surface area (Å²) < 4.78 is 10.9. The molecule has 0 aromatic heterocycles. The third-order valence-corrected chi connectivity index (χ3v) is 4.86. The molecule has 116 valence electrons. The number of hydrogen-bond acceptors (Lipinski definition) is 4. The van der Waals surface area contributed by atoms with Crippen molar-refractivity contribution in [3.63, 3.8) is 0 Å². The molecule has 1 heterocycles. The minimum atomic E-state index is 0.504. The molecule has 1 aromatic carbocycles. The molecule has 0 spiro atoms. The van der Waals surface area contributed by atoms with Crippen molar-refractivity contribution in [1.82, 2.24) is 10.2 Å². The lowest BCUT2D eigenvalue weighted by Crippen LogP contribution is -2.47. The van der Waals surface area contributed by atoms with Gasteiger partial charge in [0.25, 0.3) is 0 Å². The number of benzene rings is 1. The van der Waals surface area contributed by atoms with E-state index in [1.165, 1.54) is 24.8 Å². The molecule has 1 saturated carbocycles. The second-order valence-corrected chi connectivity index (χ2v) is 6.07. The van der Waals surface area contributed by atoms with Gasteiger partial charge in [0.1, 0.15) is 11.5 Å². The molecular weight excluding hydrogens is 264 g/mol. The van der Waals surface area contributed by atoms with Crippen LogP contribution >= 0.6 is 0 Å². The van der Waals surface area contributed by atoms with Crippen LogP contribution in [-0.4, -0.2) is 45.3 Å². The van der Waals surface area contributed by atoms with Crippen molar-refractivity contribution in [1.29, 1.82) is 0 Å². The highest BCUT2D eigenvalue weighted by Crippen LogP contribution is 2.43. The third-order valence-electron chi connectivity index (χ3n) is 4.86. The van der Waals surface area contributed by atoms with E-state index < -0.39 is 0 Å². The lowest BCUT2D eigenvalue weighted by molar-refractivity contribution is 0.0834. The van der Waals surface area contributed by atoms with Gasteiger partial charge < -0.3 is 14.8 Å². The third kappa shape index (κ3) is 3.16. The Balaban J connectivity index is 1.90. The molecule has 0 bridgehead atoms. The van der Waals surface area contributed by atoms with Crippen LogP contribution in [0.2, 0.25) is 0 Å². The zero-order chi connectivity index (χ0) is 14.7. The van der Waals surface area contributed by atoms with Crippen molar-refractivity contribution >= 4 is 0 Å². The van der Waals surface area contributed by atoms with Gasteiger partial charge in [0, 0.05) is 38.3 Å². The fourth-order valence-corrected chi connectivity index (χ4v) is 3.50. The standard InChI is InChI=1S/C17H26N2O2/c1-20-15-10-14(11-16(12-15)21-2)17(13-4-3-5-13)19-8-6-18-7-9-19/h10-13,17-18H,3-9H2,1-2H3/t17-/m1/s1. The van der Waals surface area contributed by atoms with E-state index in [0.717, 1.165) is 43.6 Å². The minimum Gasteiger partial charge on any atom is -0.497 e. The Kier molecular flexibility index (Phi) is 4.66. The number of nitrogens with one attached hydrogen (secondary N) is 1. The Labute approximate surface area is 127 Å². The fraction of sp³-hybridized carbons (Fsp3) is 0.647. The van der Waals surface area contributed by atoms with Crippen LogP contribution < -0.4 is 14.8 Å². The maximum absolute atomic E-state index is 5.46. The second kappa shape index (κ2) is 6.67. The van der Waals surface area contributed by atoms with Crippen molar-refractivity contribution in [2.45, 2.75) is 25.3 Å². The summed E-state index contributed by atoms with van der Waals surface area (Å²) in [5.41, 5.74) is 1.35. The van der Waals surface area contributed by atoms with Crippen LogP contribution in [0.5, 0.6) is 11.5 Å². The van der Waals surface area contributed by atoms with E-state index in [-0.39, 0.29) is 0 Å². The van der Waals surface area contributed by atoms with Gasteiger partial charge in [0.15, 0.2) is 0 Å². The Morgan fingerprint density at radius 3 is 2.14 bits per heavy atom. The van der Waals surface area contributed by atoms with Crippen LogP contribution in [0.3, 0.4) is 0 Å². The summed E-state index contributed by atoms with van der Waals surface area (Å²) in [6.07, 6.45) is 4.05. The number of methoxy groups -OCH3 is 2. The normalized spacial score (nSPS) is 21.6. The van der Waals surface area contributed by atoms with Crippen molar-refractivity contribution in [2.75, 3.05) is 40.4 Å². The largest absolute Gasteiger partial charge is 0.497 e. The first-order valence-corrected chi connectivity index (χ1v) is 7.99. The number of nitrogens with zero attached hydrogens (tertiary/aromatic N) is 1. The highest BCUT2D eigenvalue weighted by Gasteiger charge is 2.34. The monoisotopic (exact) mass is 290 g/mol. The van der Waals surface area contributed by atoms with Gasteiger partial charge in [0.2, 0.25) is 0 Å². The molecule has 2 aliphatic rings. The highest BCUT2D eigenvalue weighted by molar-refractivity contribution is 5.40. The summed E-state index contributed by atoms with van der Waals surface area (Å²) in [7, 11) is 3.45. The lowest BCUT2D eigenvalue weighted by Gasteiger charge is -2.43. The van der Waals surface area contributed by atoms with Crippen molar-refractivity contribution in [3.8, 4) is 11.5 Å². The van der Waals surface area contributed by atoms with Crippen LogP contribution in [0, 0.1) is 5.92 Å². The van der Waals surface area contributed by atoms with Gasteiger partial charge in [-0.3, -0.25) is 4.90 Å². The molecule has 21 heavy (non-hydrogen) atoms. The van der Waals surface area contributed by atoms with Crippen LogP contribution in [0.25, 0.3) is 0 Å². The fourth-order valence-electron chi connectivity index (χ4n) is 3.50. The summed E-state index contributed by atoms with van der Waals surface area (Å²) in [4.78, 5) is 2.63. The zero-order valence-corrected chi connectivity index (χ0v) is 13.1. The molecule has 0 unspecified atom stereocenters. The van der Waals surface area contributed by atoms with E-state index in [1.807, 2.05) is 6.07 Å². The summed E-state index contributed by atoms with van der Waals surface area (Å²) in [5, 5.41) is 3.45. The SMILES string of the molecule is COc1cc(OC)cc([C@@H](C2CCC2)N2CCNCC2)c1. The average molecular weight is 290 g/mol. The molecule has 4 heteroatoms. The predicted molar refractivity (Wildman–Crippen MR) is 84.1 cm³/mol. The summed E-state index contributed by atoms with van der Waals surface area (Å²) >= 11 is 0. The predicted octanol–water partition coefficient (Wildman–Crippen LogP) is 2.45. The molecule has 1 aliphatic heterocycles. The zero-order valence-electron chi connectivity index (χ0n) is 13.1. The molecule has 2 fully saturated rings. The molecular formula is C17H26N2O2. The van der Waals surface area contributed by atoms with E-state index in [9.17, 15) is 0 Å². The summed E-state index contributed by atoms with van der Waals surface area (Å²) in [5.74, 6) is 2.56. The van der Waals surface area contributed by atoms with Crippen LogP contribution in [-0.2, 0) is 0 Å². The second-order valence-electron chi connectivity index (χ2n) is 6.07. The first kappa shape index (κ1) is 14.7. The van der Waals surface area contributed by atoms with E-state index in [2.05, 4.69) is 22.3 Å². The maximum atomic E-state index is 5.46. The van der Waals surface area contributed by atoms with Gasteiger partial charge >= 0.3 is 0 Å². The van der Waals surface area contributed by atoms with E-state index >= 15 is 0 Å². The first-order valence-electron chi connectivity index (χ1n) is 7.99. The molecule has 0 radical (unpaired) electrons. The Morgan fingerprint density at radius 1 is 1.05 bits per heavy atom. The van der Waals surface area contributed by atoms with E-state index in [0.29, 0.717) is 6.04 Å². The molecule has 1 saturated heterocycles. The van der Waals surface area contributed by atoms with Gasteiger partial charge in [-0.25, -0.2) is 0 Å². The smallest absolute Gasteiger partial charge is 0.122 e. The molecule has 3 rings (SSSR count). The average Bonchev–Trinajstić information content (AvgIpc) is 2.50. The van der Waals surface area contributed by atoms with Gasteiger partial charge in [-0.2, -0.15) is 0 Å². The van der Waals surface area contributed by atoms with Crippen LogP contribution in [0.15, 0.2) is 18.2 Å². The first-order chi connectivity index (χ1) is 10.3. The van der Waals surface area contributed by atoms with Crippen molar-refractivity contribution in [2.24, 2.45) is 5.92 Å². The highest BCUT2D eigenvalue weighted by atomic mass is 16.5. The van der Waals surface area contributed by atoms with E-state index in [4.69, 9.17) is 9.47 Å². The van der Waals surface area contributed by atoms with Crippen molar-refractivity contribution in [3.05, 3.63) is 23.8 Å². The molecule has 1 N–H and O–H groups in total. The van der Waals surface area contributed by atoms with Gasteiger partial charge in [0.05, 0.1) is 14.2 Å². The van der Waals surface area contributed by atoms with Gasteiger partial charge in [-0.05, 0) is 36.5 Å². The molecule has 1 aromatic rings. The van der Waals surface area contributed by atoms with Gasteiger partial charge in [-0.1, -0.05) is 6.42 Å². The van der Waals surface area contributed by atoms with E-state index in [1.54, 1.807) is 14.2 Å². The molecule has 4 nitrogen and oxygen atoms in total. The summed E-state index contributed by atoms with van der Waals surface area (Å²) in [6.45, 7) is 4.43. The number of hydrogen-bond donors (Lipinski definition) is 1. The van der Waals surface area contributed by atoms with Gasteiger partial charge in [-0.15, -0.1) is 0 Å². The Morgan fingerprint density at radius 2 is 1.67 bits per heavy atom. The molecule has 1 aliphatic carbocycles. The number of rotatable bonds is 5. The van der Waals surface area contributed by atoms with Crippen LogP contribution in [0.4, 0.5) is 0 Å². The molecule has 0 amide bonds. The molecule has 1 atom stereocenters. The van der Waals surface area contributed by atoms with Crippen molar-refractivity contribution < 1.29 is 9.47 Å². The number of piperazine rings is 1.